The van der Waals surface area contributed by atoms with Gasteiger partial charge in [-0.05, 0) is 24.9 Å². The Morgan fingerprint density at radius 1 is 0.378 bits per heavy atom. The van der Waals surface area contributed by atoms with Crippen LogP contribution in [0, 0.1) is 0 Å². The first-order valence-corrected chi connectivity index (χ1v) is 12.5. The zero-order valence-electron chi connectivity index (χ0n) is 18.1. The molecular formula is C16H20F18N2Si. The molecule has 0 atom stereocenters. The summed E-state index contributed by atoms with van der Waals surface area (Å²) < 4.78 is 230. The van der Waals surface area contributed by atoms with E-state index < -0.39 is 107 Å². The molecular weight excluding hydrogens is 590 g/mol. The van der Waals surface area contributed by atoms with Crippen LogP contribution in [0.2, 0.25) is 12.1 Å². The van der Waals surface area contributed by atoms with Gasteiger partial charge in [-0.2, -0.15) is 79.0 Å². The second-order valence-corrected chi connectivity index (χ2v) is 11.8. The van der Waals surface area contributed by atoms with Crippen molar-refractivity contribution in [3.8, 4) is 0 Å². The predicted molar refractivity (Wildman–Crippen MR) is 93.2 cm³/mol. The maximum atomic E-state index is 13.4. The molecule has 0 aromatic heterocycles. The molecule has 0 bridgehead atoms. The summed E-state index contributed by atoms with van der Waals surface area (Å²) in [6.45, 7) is 0. The van der Waals surface area contributed by atoms with E-state index in [1.807, 2.05) is 0 Å². The minimum Gasteiger partial charge on any atom is -0.339 e. The summed E-state index contributed by atoms with van der Waals surface area (Å²) >= 11 is 0. The van der Waals surface area contributed by atoms with E-state index in [4.69, 9.17) is 10.8 Å². The summed E-state index contributed by atoms with van der Waals surface area (Å²) in [7, 11) is -3.64. The molecule has 0 unspecified atom stereocenters. The Hall–Kier alpha value is -1.12. The van der Waals surface area contributed by atoms with Gasteiger partial charge in [-0.3, -0.25) is 0 Å². The first-order chi connectivity index (χ1) is 15.9. The fourth-order valence-corrected chi connectivity index (χ4v) is 4.92. The van der Waals surface area contributed by atoms with E-state index in [-0.39, 0.29) is 0 Å². The molecule has 0 aromatic carbocycles. The number of hydrogen-bond donors (Lipinski definition) is 2. The molecule has 2 nitrogen and oxygen atoms in total. The fourth-order valence-electron chi connectivity index (χ4n) is 2.86. The van der Waals surface area contributed by atoms with Crippen molar-refractivity contribution in [1.29, 1.82) is 0 Å². The van der Waals surface area contributed by atoms with Gasteiger partial charge in [-0.25, -0.2) is 0 Å². The van der Waals surface area contributed by atoms with E-state index in [9.17, 15) is 79.0 Å². The molecule has 0 aliphatic rings. The Morgan fingerprint density at radius 2 is 0.622 bits per heavy atom. The van der Waals surface area contributed by atoms with E-state index in [1.54, 1.807) is 0 Å². The number of unbranched alkanes of at least 4 members (excludes halogenated alkanes) is 2. The highest BCUT2D eigenvalue weighted by Crippen LogP contribution is 2.55. The first-order valence-electron chi connectivity index (χ1n) is 9.89. The van der Waals surface area contributed by atoms with Gasteiger partial charge in [0.1, 0.15) is 0 Å². The third kappa shape index (κ3) is 7.50. The minimum absolute atomic E-state index is 0.539. The average Bonchev–Trinajstić information content (AvgIpc) is 2.66. The molecule has 0 heterocycles. The van der Waals surface area contributed by atoms with Crippen LogP contribution >= 0.6 is 0 Å². The maximum absolute atomic E-state index is 13.4. The van der Waals surface area contributed by atoms with Gasteiger partial charge in [0, 0.05) is 12.8 Å². The van der Waals surface area contributed by atoms with E-state index in [0.717, 1.165) is 0 Å². The Morgan fingerprint density at radius 3 is 0.838 bits per heavy atom. The van der Waals surface area contributed by atoms with E-state index in [1.165, 1.54) is 0 Å². The van der Waals surface area contributed by atoms with Crippen molar-refractivity contribution in [2.24, 2.45) is 10.8 Å². The minimum atomic E-state index is -7.08. The van der Waals surface area contributed by atoms with Crippen LogP contribution in [-0.2, 0) is 0 Å². The number of halogens is 18. The molecule has 37 heavy (non-hydrogen) atoms. The molecule has 0 radical (unpaired) electrons. The Labute approximate surface area is 197 Å². The molecule has 0 fully saturated rings. The summed E-state index contributed by atoms with van der Waals surface area (Å²) in [5, 5.41) is 11.1. The number of rotatable bonds is 14. The summed E-state index contributed by atoms with van der Waals surface area (Å²) in [5.41, 5.74) is 0. The Bertz CT molecular complexity index is 683. The van der Waals surface area contributed by atoms with Crippen molar-refractivity contribution in [1.82, 2.24) is 0 Å². The van der Waals surface area contributed by atoms with Gasteiger partial charge in [-0.1, -0.05) is 12.8 Å². The van der Waals surface area contributed by atoms with E-state index >= 15 is 0 Å². The Kier molecular flexibility index (Phi) is 10.5. The lowest BCUT2D eigenvalue weighted by Gasteiger charge is -2.34. The third-order valence-electron chi connectivity index (χ3n) is 5.19. The highest BCUT2D eigenvalue weighted by molar-refractivity contribution is 6.73. The van der Waals surface area contributed by atoms with Crippen LogP contribution in [0.15, 0.2) is 0 Å². The van der Waals surface area contributed by atoms with E-state index in [0.29, 0.717) is 0 Å². The lowest BCUT2D eigenvalue weighted by molar-refractivity contribution is -0.396. The van der Waals surface area contributed by atoms with Gasteiger partial charge < -0.3 is 10.8 Å². The van der Waals surface area contributed by atoms with E-state index in [2.05, 4.69) is 0 Å². The highest BCUT2D eigenvalue weighted by atomic mass is 28.3. The zero-order chi connectivity index (χ0) is 30.2. The lowest BCUT2D eigenvalue weighted by atomic mass is 9.99. The molecule has 4 N–H and O–H groups in total. The molecule has 0 amide bonds. The molecule has 0 rings (SSSR count). The summed E-state index contributed by atoms with van der Waals surface area (Å²) in [5.74, 6) is -39.5. The lowest BCUT2D eigenvalue weighted by Crippen LogP contribution is -2.60. The van der Waals surface area contributed by atoms with Gasteiger partial charge in [0.25, 0.3) is 0 Å². The molecule has 0 aliphatic carbocycles. The SMILES string of the molecule is N[Si](N)(CCCCC(F)(F)C(F)(F)C(F)(F)C(F)(F)F)CCCCC(F)(F)C(F)(F)C(F)(F)C(F)(F)F. The highest BCUT2D eigenvalue weighted by Gasteiger charge is 2.82. The van der Waals surface area contributed by atoms with Crippen LogP contribution < -0.4 is 10.8 Å². The van der Waals surface area contributed by atoms with Crippen molar-refractivity contribution >= 4 is 8.40 Å². The maximum Gasteiger partial charge on any atom is 0.460 e. The van der Waals surface area contributed by atoms with Crippen molar-refractivity contribution in [3.05, 3.63) is 0 Å². The summed E-state index contributed by atoms with van der Waals surface area (Å²) in [4.78, 5) is 0. The molecule has 0 aromatic rings. The van der Waals surface area contributed by atoms with Crippen LogP contribution in [0.25, 0.3) is 0 Å². The number of nitrogens with two attached hydrogens (primary N) is 2. The molecule has 21 heteroatoms. The van der Waals surface area contributed by atoms with Crippen LogP contribution in [0.4, 0.5) is 79.0 Å². The molecule has 0 saturated heterocycles. The first kappa shape index (κ1) is 35.9. The predicted octanol–water partition coefficient (Wildman–Crippen LogP) is 7.62. The molecule has 0 saturated carbocycles. The largest absolute Gasteiger partial charge is 0.460 e. The van der Waals surface area contributed by atoms with Crippen molar-refractivity contribution < 1.29 is 79.0 Å². The van der Waals surface area contributed by atoms with Crippen LogP contribution in [0.3, 0.4) is 0 Å². The number of alkyl halides is 18. The van der Waals surface area contributed by atoms with Crippen LogP contribution in [0.1, 0.15) is 38.5 Å². The molecule has 0 aliphatic heterocycles. The van der Waals surface area contributed by atoms with Crippen molar-refractivity contribution in [3.63, 3.8) is 0 Å². The second kappa shape index (κ2) is 10.8. The van der Waals surface area contributed by atoms with Crippen molar-refractivity contribution in [2.45, 2.75) is 98.5 Å². The quantitative estimate of drug-likeness (QED) is 0.121. The third-order valence-corrected chi connectivity index (χ3v) is 7.75. The van der Waals surface area contributed by atoms with Gasteiger partial charge in [0.15, 0.2) is 8.40 Å². The Balaban J connectivity index is 4.88. The van der Waals surface area contributed by atoms with Gasteiger partial charge >= 0.3 is 47.9 Å². The fraction of sp³-hybridized carbons (Fsp3) is 1.00. The summed E-state index contributed by atoms with van der Waals surface area (Å²) in [6, 6.07) is -1.08. The number of hydrogen-bond acceptors (Lipinski definition) is 2. The average molecular weight is 610 g/mol. The second-order valence-electron chi connectivity index (χ2n) is 8.35. The molecule has 224 valence electrons. The van der Waals surface area contributed by atoms with Gasteiger partial charge in [0.2, 0.25) is 0 Å². The normalized spacial score (nSPS) is 15.9. The van der Waals surface area contributed by atoms with Gasteiger partial charge in [0.05, 0.1) is 0 Å². The van der Waals surface area contributed by atoms with Crippen LogP contribution in [-0.4, -0.2) is 56.3 Å². The monoisotopic (exact) mass is 610 g/mol. The zero-order valence-corrected chi connectivity index (χ0v) is 19.1. The summed E-state index contributed by atoms with van der Waals surface area (Å²) in [6.07, 6.45) is -21.9. The van der Waals surface area contributed by atoms with Gasteiger partial charge in [-0.15, -0.1) is 0 Å². The standard InChI is InChI=1S/C16H20F18N2Si/c17-9(18,11(21,22)13(25,26)15(29,30)31)5-1-3-7-37(35,36)8-4-2-6-10(19,20)12(23,24)14(27,28)16(32,33)34/h1-8,35-36H2. The van der Waals surface area contributed by atoms with Crippen LogP contribution in [0.5, 0.6) is 0 Å². The van der Waals surface area contributed by atoms with Crippen molar-refractivity contribution in [2.75, 3.05) is 0 Å². The topological polar surface area (TPSA) is 52.0 Å². The smallest absolute Gasteiger partial charge is 0.339 e. The molecule has 0 spiro atoms.